The van der Waals surface area contributed by atoms with Gasteiger partial charge in [-0.1, -0.05) is 6.07 Å². The Morgan fingerprint density at radius 2 is 2.21 bits per heavy atom. The molecule has 1 saturated carbocycles. The van der Waals surface area contributed by atoms with E-state index in [1.54, 1.807) is 36.4 Å². The number of hydrogen-bond acceptors (Lipinski definition) is 5. The number of rotatable bonds is 6. The van der Waals surface area contributed by atoms with Crippen molar-refractivity contribution in [3.05, 3.63) is 41.7 Å². The first kappa shape index (κ1) is 15.7. The highest BCUT2D eigenvalue weighted by Gasteiger charge is 2.32. The van der Waals surface area contributed by atoms with Gasteiger partial charge in [0, 0.05) is 23.4 Å². The first-order chi connectivity index (χ1) is 11.6. The molecule has 0 saturated heterocycles. The minimum Gasteiger partial charge on any atom is -0.497 e. The van der Waals surface area contributed by atoms with Gasteiger partial charge in [0.1, 0.15) is 11.4 Å². The molecule has 0 bridgehead atoms. The molecule has 0 unspecified atom stereocenters. The number of nitrogens with zero attached hydrogens (tertiary/aromatic N) is 2. The van der Waals surface area contributed by atoms with E-state index in [2.05, 4.69) is 15.5 Å². The lowest BCUT2D eigenvalue weighted by atomic mass is 10.0. The molecule has 0 radical (unpaired) electrons. The molecular formula is C17H16N4O3. The van der Waals surface area contributed by atoms with Gasteiger partial charge in [-0.15, -0.1) is 0 Å². The van der Waals surface area contributed by atoms with Crippen LogP contribution in [0.1, 0.15) is 34.9 Å². The first-order valence-corrected chi connectivity index (χ1v) is 7.56. The Labute approximate surface area is 138 Å². The lowest BCUT2D eigenvalue weighted by Gasteiger charge is -2.09. The van der Waals surface area contributed by atoms with Gasteiger partial charge < -0.3 is 10.1 Å². The molecule has 122 valence electrons. The van der Waals surface area contributed by atoms with Crippen LogP contribution in [0.2, 0.25) is 0 Å². The number of ether oxygens (including phenoxy) is 1. The van der Waals surface area contributed by atoms with Crippen LogP contribution < -0.4 is 10.1 Å². The molecule has 1 aromatic heterocycles. The second-order valence-electron chi connectivity index (χ2n) is 5.63. The van der Waals surface area contributed by atoms with Crippen molar-refractivity contribution in [2.24, 2.45) is 5.92 Å². The fraction of sp³-hybridized carbons (Fsp3) is 0.294. The van der Waals surface area contributed by atoms with E-state index in [1.807, 2.05) is 0 Å². The van der Waals surface area contributed by atoms with Crippen LogP contribution in [0.25, 0.3) is 0 Å². The predicted octanol–water partition coefficient (Wildman–Crippen LogP) is 2.26. The van der Waals surface area contributed by atoms with Gasteiger partial charge in [0.15, 0.2) is 5.92 Å². The molecule has 1 aliphatic rings. The number of benzene rings is 1. The van der Waals surface area contributed by atoms with Crippen LogP contribution in [0.4, 0.5) is 5.69 Å². The van der Waals surface area contributed by atoms with Crippen molar-refractivity contribution in [1.82, 2.24) is 10.2 Å². The zero-order valence-corrected chi connectivity index (χ0v) is 13.1. The summed E-state index contributed by atoms with van der Waals surface area (Å²) in [7, 11) is 1.51. The SMILES string of the molecule is COc1cccc(NC(=O)[C@H](C#N)C(=O)c2cc(C3CC3)[nH]n2)c1. The number of carbonyl (C=O) groups is 2. The van der Waals surface area contributed by atoms with Crippen LogP contribution in [0.3, 0.4) is 0 Å². The van der Waals surface area contributed by atoms with Crippen LogP contribution in [-0.4, -0.2) is 29.0 Å². The number of nitriles is 1. The van der Waals surface area contributed by atoms with Crippen LogP contribution in [0.15, 0.2) is 30.3 Å². The number of methoxy groups -OCH3 is 1. The Morgan fingerprint density at radius 3 is 2.88 bits per heavy atom. The van der Waals surface area contributed by atoms with Gasteiger partial charge in [0.05, 0.1) is 13.2 Å². The highest BCUT2D eigenvalue weighted by Crippen LogP contribution is 2.39. The van der Waals surface area contributed by atoms with Crippen LogP contribution in [-0.2, 0) is 4.79 Å². The normalized spacial score (nSPS) is 14.5. The molecule has 0 spiro atoms. The highest BCUT2D eigenvalue weighted by atomic mass is 16.5. The third-order valence-electron chi connectivity index (χ3n) is 3.86. The molecule has 1 aromatic carbocycles. The van der Waals surface area contributed by atoms with Gasteiger partial charge in [-0.3, -0.25) is 14.7 Å². The Kier molecular flexibility index (Phi) is 4.29. The quantitative estimate of drug-likeness (QED) is 0.626. The summed E-state index contributed by atoms with van der Waals surface area (Å²) in [6, 6.07) is 10.1. The van der Waals surface area contributed by atoms with E-state index in [9.17, 15) is 14.9 Å². The molecule has 7 nitrogen and oxygen atoms in total. The maximum Gasteiger partial charge on any atom is 0.249 e. The maximum atomic E-state index is 12.4. The smallest absolute Gasteiger partial charge is 0.249 e. The van der Waals surface area contributed by atoms with Crippen molar-refractivity contribution < 1.29 is 14.3 Å². The number of hydrogen-bond donors (Lipinski definition) is 2. The molecular weight excluding hydrogens is 308 g/mol. The number of ketones is 1. The van der Waals surface area contributed by atoms with E-state index in [4.69, 9.17) is 4.74 Å². The number of Topliss-reactive ketones (excluding diaryl/α,β-unsaturated/α-hetero) is 1. The van der Waals surface area contributed by atoms with Crippen LogP contribution >= 0.6 is 0 Å². The second-order valence-corrected chi connectivity index (χ2v) is 5.63. The average molecular weight is 324 g/mol. The van der Waals surface area contributed by atoms with Crippen molar-refractivity contribution in [3.8, 4) is 11.8 Å². The molecule has 1 amide bonds. The van der Waals surface area contributed by atoms with Crippen molar-refractivity contribution in [2.45, 2.75) is 18.8 Å². The van der Waals surface area contributed by atoms with Gasteiger partial charge in [0.25, 0.3) is 0 Å². The maximum absolute atomic E-state index is 12.4. The summed E-state index contributed by atoms with van der Waals surface area (Å²) in [4.78, 5) is 24.7. The lowest BCUT2D eigenvalue weighted by molar-refractivity contribution is -0.117. The number of anilines is 1. The third kappa shape index (κ3) is 3.27. The molecule has 24 heavy (non-hydrogen) atoms. The average Bonchev–Trinajstić information content (AvgIpc) is 3.32. The third-order valence-corrected chi connectivity index (χ3v) is 3.86. The second kappa shape index (κ2) is 6.54. The van der Waals surface area contributed by atoms with E-state index < -0.39 is 17.6 Å². The van der Waals surface area contributed by atoms with Crippen LogP contribution in [0, 0.1) is 17.2 Å². The molecule has 2 N–H and O–H groups in total. The molecule has 1 atom stereocenters. The summed E-state index contributed by atoms with van der Waals surface area (Å²) in [6.45, 7) is 0. The number of H-pyrrole nitrogens is 1. The fourth-order valence-electron chi connectivity index (χ4n) is 2.37. The largest absolute Gasteiger partial charge is 0.497 e. The van der Waals surface area contributed by atoms with Gasteiger partial charge in [-0.2, -0.15) is 10.4 Å². The Hall–Kier alpha value is -3.14. The molecule has 1 fully saturated rings. The zero-order valence-electron chi connectivity index (χ0n) is 13.1. The number of aromatic amines is 1. The molecule has 1 heterocycles. The van der Waals surface area contributed by atoms with Crippen molar-refractivity contribution in [1.29, 1.82) is 5.26 Å². The predicted molar refractivity (Wildman–Crippen MR) is 85.6 cm³/mol. The zero-order chi connectivity index (χ0) is 17.1. The Balaban J connectivity index is 1.73. The summed E-state index contributed by atoms with van der Waals surface area (Å²) < 4.78 is 5.07. The van der Waals surface area contributed by atoms with E-state index >= 15 is 0 Å². The standard InChI is InChI=1S/C17H16N4O3/c1-24-12-4-2-3-11(7-12)19-17(23)13(9-18)16(22)15-8-14(20-21-15)10-5-6-10/h2-4,7-8,10,13H,5-6H2,1H3,(H,19,23)(H,20,21)/t13-/m1/s1. The number of carbonyl (C=O) groups excluding carboxylic acids is 2. The van der Waals surface area contributed by atoms with Crippen molar-refractivity contribution >= 4 is 17.4 Å². The van der Waals surface area contributed by atoms with E-state index in [0.29, 0.717) is 17.4 Å². The summed E-state index contributed by atoms with van der Waals surface area (Å²) >= 11 is 0. The van der Waals surface area contributed by atoms with Gasteiger partial charge in [-0.25, -0.2) is 0 Å². The molecule has 0 aliphatic heterocycles. The molecule has 1 aliphatic carbocycles. The minimum atomic E-state index is -1.45. The Bertz CT molecular complexity index is 817. The van der Waals surface area contributed by atoms with Crippen molar-refractivity contribution in [2.75, 3.05) is 12.4 Å². The number of aromatic nitrogens is 2. The minimum absolute atomic E-state index is 0.115. The summed E-state index contributed by atoms with van der Waals surface area (Å²) in [6.07, 6.45) is 2.13. The Morgan fingerprint density at radius 1 is 1.42 bits per heavy atom. The molecule has 3 rings (SSSR count). The lowest BCUT2D eigenvalue weighted by Crippen LogP contribution is -2.28. The van der Waals surface area contributed by atoms with Gasteiger partial charge >= 0.3 is 0 Å². The number of amides is 1. The summed E-state index contributed by atoms with van der Waals surface area (Å²) in [5.74, 6) is -1.78. The number of nitrogens with one attached hydrogen (secondary N) is 2. The molecule has 2 aromatic rings. The topological polar surface area (TPSA) is 108 Å². The molecule has 7 heteroatoms. The highest BCUT2D eigenvalue weighted by molar-refractivity contribution is 6.14. The fourth-order valence-corrected chi connectivity index (χ4v) is 2.37. The van der Waals surface area contributed by atoms with Crippen molar-refractivity contribution in [3.63, 3.8) is 0 Å². The van der Waals surface area contributed by atoms with Gasteiger partial charge in [0.2, 0.25) is 11.7 Å². The monoisotopic (exact) mass is 324 g/mol. The van der Waals surface area contributed by atoms with E-state index in [-0.39, 0.29) is 5.69 Å². The summed E-state index contributed by atoms with van der Waals surface area (Å²) in [5.41, 5.74) is 1.44. The van der Waals surface area contributed by atoms with Gasteiger partial charge in [-0.05, 0) is 31.0 Å². The summed E-state index contributed by atoms with van der Waals surface area (Å²) in [5, 5.41) is 18.5. The van der Waals surface area contributed by atoms with E-state index in [0.717, 1.165) is 18.5 Å². The first-order valence-electron chi connectivity index (χ1n) is 7.56. The van der Waals surface area contributed by atoms with E-state index in [1.165, 1.54) is 7.11 Å². The van der Waals surface area contributed by atoms with Crippen LogP contribution in [0.5, 0.6) is 5.75 Å².